The number of hydrogen-bond donors (Lipinski definition) is 2. The van der Waals surface area contributed by atoms with Gasteiger partial charge in [0.1, 0.15) is 11.5 Å². The maximum atomic E-state index is 13.3. The van der Waals surface area contributed by atoms with Crippen LogP contribution in [-0.2, 0) is 4.79 Å². The summed E-state index contributed by atoms with van der Waals surface area (Å²) < 4.78 is 13.3. The van der Waals surface area contributed by atoms with Gasteiger partial charge in [-0.05, 0) is 18.6 Å². The summed E-state index contributed by atoms with van der Waals surface area (Å²) in [7, 11) is 0. The lowest BCUT2D eigenvalue weighted by molar-refractivity contribution is -0.116. The number of rotatable bonds is 5. The molecule has 0 aliphatic rings. The van der Waals surface area contributed by atoms with Crippen molar-refractivity contribution in [1.29, 1.82) is 0 Å². The molecule has 0 fully saturated rings. The van der Waals surface area contributed by atoms with Gasteiger partial charge in [0.25, 0.3) is 0 Å². The van der Waals surface area contributed by atoms with Crippen LogP contribution >= 0.6 is 0 Å². The highest BCUT2D eigenvalue weighted by molar-refractivity contribution is 5.93. The van der Waals surface area contributed by atoms with Crippen LogP contribution in [0.3, 0.4) is 0 Å². The lowest BCUT2D eigenvalue weighted by Crippen LogP contribution is -2.13. The van der Waals surface area contributed by atoms with Crippen LogP contribution in [-0.4, -0.2) is 5.91 Å². The molecule has 16 heavy (non-hydrogen) atoms. The second kappa shape index (κ2) is 6.10. The molecule has 88 valence electrons. The van der Waals surface area contributed by atoms with Crippen LogP contribution in [0.1, 0.15) is 32.6 Å². The maximum Gasteiger partial charge on any atom is 0.224 e. The Labute approximate surface area is 94.8 Å². The summed E-state index contributed by atoms with van der Waals surface area (Å²) >= 11 is 0. The predicted octanol–water partition coefficient (Wildman–Crippen LogP) is 2.93. The van der Waals surface area contributed by atoms with Gasteiger partial charge in [-0.1, -0.05) is 25.8 Å². The first-order valence-electron chi connectivity index (χ1n) is 5.49. The summed E-state index contributed by atoms with van der Waals surface area (Å²) in [5.74, 6) is -0.686. The van der Waals surface area contributed by atoms with Crippen molar-refractivity contribution in [2.75, 3.05) is 11.1 Å². The van der Waals surface area contributed by atoms with Gasteiger partial charge in [0, 0.05) is 6.42 Å². The first-order valence-corrected chi connectivity index (χ1v) is 5.49. The Bertz CT molecular complexity index is 346. The number of benzene rings is 1. The molecule has 0 heterocycles. The van der Waals surface area contributed by atoms with Crippen molar-refractivity contribution in [3.63, 3.8) is 0 Å². The van der Waals surface area contributed by atoms with E-state index in [2.05, 4.69) is 12.2 Å². The number of amides is 1. The molecule has 0 bridgehead atoms. The van der Waals surface area contributed by atoms with Gasteiger partial charge in [-0.2, -0.15) is 0 Å². The number of halogens is 1. The van der Waals surface area contributed by atoms with Gasteiger partial charge in [-0.25, -0.2) is 4.39 Å². The van der Waals surface area contributed by atoms with E-state index in [1.165, 1.54) is 12.1 Å². The minimum atomic E-state index is -0.496. The normalized spacial score (nSPS) is 10.1. The minimum Gasteiger partial charge on any atom is -0.397 e. The average Bonchev–Trinajstić information content (AvgIpc) is 2.24. The van der Waals surface area contributed by atoms with Crippen molar-refractivity contribution < 1.29 is 9.18 Å². The van der Waals surface area contributed by atoms with Crippen molar-refractivity contribution >= 4 is 17.3 Å². The number of anilines is 2. The number of nitrogens with one attached hydrogen (secondary N) is 1. The fourth-order valence-corrected chi connectivity index (χ4v) is 1.41. The van der Waals surface area contributed by atoms with E-state index in [0.29, 0.717) is 6.42 Å². The highest BCUT2D eigenvalue weighted by Gasteiger charge is 2.09. The summed E-state index contributed by atoms with van der Waals surface area (Å²) in [6.07, 6.45) is 3.27. The highest BCUT2D eigenvalue weighted by atomic mass is 19.1. The van der Waals surface area contributed by atoms with Crippen LogP contribution in [0.4, 0.5) is 15.8 Å². The maximum absolute atomic E-state index is 13.3. The van der Waals surface area contributed by atoms with Crippen molar-refractivity contribution in [3.8, 4) is 0 Å². The standard InChI is InChI=1S/C12H17FN2O/c1-2-3-4-8-11(16)15-12-9(13)6-5-7-10(12)14/h5-7H,2-4,8,14H2,1H3,(H,15,16). The van der Waals surface area contributed by atoms with E-state index in [-0.39, 0.29) is 17.3 Å². The van der Waals surface area contributed by atoms with Crippen LogP contribution in [0, 0.1) is 5.82 Å². The molecule has 0 aliphatic heterocycles. The molecule has 0 saturated carbocycles. The zero-order valence-electron chi connectivity index (χ0n) is 9.42. The lowest BCUT2D eigenvalue weighted by atomic mass is 10.2. The summed E-state index contributed by atoms with van der Waals surface area (Å²) in [6.45, 7) is 2.06. The van der Waals surface area contributed by atoms with E-state index in [1.54, 1.807) is 6.07 Å². The second-order valence-corrected chi connectivity index (χ2v) is 3.71. The number of nitrogen functional groups attached to an aromatic ring is 1. The molecule has 1 amide bonds. The fraction of sp³-hybridized carbons (Fsp3) is 0.417. The molecular formula is C12H17FN2O. The molecule has 3 N–H and O–H groups in total. The fourth-order valence-electron chi connectivity index (χ4n) is 1.41. The van der Waals surface area contributed by atoms with Gasteiger partial charge in [-0.3, -0.25) is 4.79 Å². The first kappa shape index (κ1) is 12.5. The SMILES string of the molecule is CCCCCC(=O)Nc1c(N)cccc1F. The molecule has 0 aliphatic carbocycles. The number of carbonyl (C=O) groups is 1. The number of unbranched alkanes of at least 4 members (excludes halogenated alkanes) is 2. The molecule has 1 aromatic rings. The van der Waals surface area contributed by atoms with Gasteiger partial charge in [0.2, 0.25) is 5.91 Å². The third-order valence-electron chi connectivity index (χ3n) is 2.32. The number of carbonyl (C=O) groups excluding carboxylic acids is 1. The number of nitrogens with two attached hydrogens (primary N) is 1. The van der Waals surface area contributed by atoms with Crippen molar-refractivity contribution in [3.05, 3.63) is 24.0 Å². The minimum absolute atomic E-state index is 0.0870. The molecular weight excluding hydrogens is 207 g/mol. The third kappa shape index (κ3) is 3.53. The van der Waals surface area contributed by atoms with E-state index < -0.39 is 5.82 Å². The van der Waals surface area contributed by atoms with Gasteiger partial charge in [-0.15, -0.1) is 0 Å². The van der Waals surface area contributed by atoms with Gasteiger partial charge >= 0.3 is 0 Å². The molecule has 1 aromatic carbocycles. The molecule has 4 heteroatoms. The van der Waals surface area contributed by atoms with Crippen molar-refractivity contribution in [2.45, 2.75) is 32.6 Å². The van der Waals surface area contributed by atoms with Gasteiger partial charge in [0.05, 0.1) is 5.69 Å². The molecule has 0 unspecified atom stereocenters. The summed E-state index contributed by atoms with van der Waals surface area (Å²) in [5.41, 5.74) is 5.91. The second-order valence-electron chi connectivity index (χ2n) is 3.71. The Balaban J connectivity index is 2.56. The Morgan fingerprint density at radius 3 is 2.81 bits per heavy atom. The average molecular weight is 224 g/mol. The summed E-state index contributed by atoms with van der Waals surface area (Å²) in [6, 6.07) is 4.35. The Kier molecular flexibility index (Phi) is 4.76. The number of hydrogen-bond acceptors (Lipinski definition) is 2. The largest absolute Gasteiger partial charge is 0.397 e. The molecule has 0 saturated heterocycles. The van der Waals surface area contributed by atoms with Crippen LogP contribution in [0.5, 0.6) is 0 Å². The molecule has 0 aromatic heterocycles. The van der Waals surface area contributed by atoms with Crippen LogP contribution in [0.25, 0.3) is 0 Å². The van der Waals surface area contributed by atoms with E-state index in [4.69, 9.17) is 5.73 Å². The van der Waals surface area contributed by atoms with Crippen molar-refractivity contribution in [1.82, 2.24) is 0 Å². The zero-order chi connectivity index (χ0) is 12.0. The Morgan fingerprint density at radius 2 is 2.19 bits per heavy atom. The summed E-state index contributed by atoms with van der Waals surface area (Å²) in [5, 5.41) is 2.50. The number of para-hydroxylation sites is 1. The predicted molar refractivity (Wildman–Crippen MR) is 63.6 cm³/mol. The smallest absolute Gasteiger partial charge is 0.224 e. The van der Waals surface area contributed by atoms with Crippen LogP contribution in [0.2, 0.25) is 0 Å². The molecule has 0 radical (unpaired) electrons. The van der Waals surface area contributed by atoms with Gasteiger partial charge in [0.15, 0.2) is 0 Å². The Morgan fingerprint density at radius 1 is 1.44 bits per heavy atom. The monoisotopic (exact) mass is 224 g/mol. The van der Waals surface area contributed by atoms with Crippen LogP contribution < -0.4 is 11.1 Å². The topological polar surface area (TPSA) is 55.1 Å². The summed E-state index contributed by atoms with van der Waals surface area (Å²) in [4.78, 5) is 11.5. The molecule has 0 spiro atoms. The van der Waals surface area contributed by atoms with E-state index >= 15 is 0 Å². The zero-order valence-corrected chi connectivity index (χ0v) is 9.42. The lowest BCUT2D eigenvalue weighted by Gasteiger charge is -2.08. The van der Waals surface area contributed by atoms with E-state index in [0.717, 1.165) is 19.3 Å². The molecule has 1 rings (SSSR count). The van der Waals surface area contributed by atoms with E-state index in [9.17, 15) is 9.18 Å². The third-order valence-corrected chi connectivity index (χ3v) is 2.32. The van der Waals surface area contributed by atoms with Gasteiger partial charge < -0.3 is 11.1 Å². The Hall–Kier alpha value is -1.58. The van der Waals surface area contributed by atoms with E-state index in [1.807, 2.05) is 0 Å². The quantitative estimate of drug-likeness (QED) is 0.596. The molecule has 0 atom stereocenters. The first-order chi connectivity index (χ1) is 7.65. The highest BCUT2D eigenvalue weighted by Crippen LogP contribution is 2.21. The van der Waals surface area contributed by atoms with Crippen molar-refractivity contribution in [2.24, 2.45) is 0 Å². The van der Waals surface area contributed by atoms with Crippen LogP contribution in [0.15, 0.2) is 18.2 Å². The molecule has 3 nitrogen and oxygen atoms in total.